The monoisotopic (exact) mass is 524 g/mol. The Hall–Kier alpha value is -3.66. The zero-order chi connectivity index (χ0) is 25.9. The first kappa shape index (κ1) is 26.9. The second-order valence-electron chi connectivity index (χ2n) is 7.64. The van der Waals surface area contributed by atoms with Crippen LogP contribution in [-0.2, 0) is 11.4 Å². The summed E-state index contributed by atoms with van der Waals surface area (Å²) in [5.74, 6) is 0.960. The van der Waals surface area contributed by atoms with Gasteiger partial charge in [0.05, 0.1) is 18.2 Å². The summed E-state index contributed by atoms with van der Waals surface area (Å²) in [4.78, 5) is 12.7. The summed E-state index contributed by atoms with van der Waals surface area (Å²) < 4.78 is 17.1. The first-order chi connectivity index (χ1) is 17.4. The van der Waals surface area contributed by atoms with E-state index >= 15 is 0 Å². The maximum absolute atomic E-state index is 12.7. The number of rotatable bonds is 11. The number of halogens is 2. The average molecular weight is 525 g/mol. The van der Waals surface area contributed by atoms with Gasteiger partial charge in [-0.05, 0) is 67.4 Å². The van der Waals surface area contributed by atoms with Crippen LogP contribution in [0.4, 0.5) is 5.69 Å². The molecule has 0 saturated carbocycles. The van der Waals surface area contributed by atoms with Crippen LogP contribution < -0.4 is 19.5 Å². The first-order valence-electron chi connectivity index (χ1n) is 11.4. The molecule has 3 rings (SSSR count). The van der Waals surface area contributed by atoms with Gasteiger partial charge in [0, 0.05) is 16.3 Å². The number of carbonyl (C=O) groups excluding carboxylic acids is 1. The smallest absolute Gasteiger partial charge is 0.266 e. The molecule has 0 aliphatic rings. The van der Waals surface area contributed by atoms with Crippen molar-refractivity contribution in [1.29, 1.82) is 5.26 Å². The molecule has 0 aliphatic carbocycles. The standard InChI is InChI=1S/C28H26Cl2N2O4/c1-3-13-35-27-25(30)15-19(16-26(27)34-4-2)14-21(17-31)28(33)32-22-9-11-23(12-10-22)36-18-20-7-5-6-8-24(20)29/h5-12,14-16H,3-4,13,18H2,1-2H3,(H,32,33)/b21-14+. The summed E-state index contributed by atoms with van der Waals surface area (Å²) in [6.45, 7) is 5.06. The number of amides is 1. The van der Waals surface area contributed by atoms with Gasteiger partial charge in [0.1, 0.15) is 24.0 Å². The number of benzene rings is 3. The zero-order valence-electron chi connectivity index (χ0n) is 20.0. The minimum absolute atomic E-state index is 0.0882. The highest BCUT2D eigenvalue weighted by atomic mass is 35.5. The van der Waals surface area contributed by atoms with Crippen LogP contribution >= 0.6 is 23.2 Å². The lowest BCUT2D eigenvalue weighted by atomic mass is 10.1. The van der Waals surface area contributed by atoms with Crippen molar-refractivity contribution in [1.82, 2.24) is 0 Å². The first-order valence-corrected chi connectivity index (χ1v) is 12.2. The number of carbonyl (C=O) groups is 1. The van der Waals surface area contributed by atoms with Crippen molar-refractivity contribution in [2.24, 2.45) is 0 Å². The Morgan fingerprint density at radius 3 is 2.42 bits per heavy atom. The second-order valence-corrected chi connectivity index (χ2v) is 8.45. The number of hydrogen-bond acceptors (Lipinski definition) is 5. The van der Waals surface area contributed by atoms with Crippen molar-refractivity contribution in [2.75, 3.05) is 18.5 Å². The summed E-state index contributed by atoms with van der Waals surface area (Å²) in [7, 11) is 0. The molecule has 3 aromatic rings. The predicted molar refractivity (Wildman–Crippen MR) is 143 cm³/mol. The Labute approximate surface area is 221 Å². The van der Waals surface area contributed by atoms with E-state index in [1.165, 1.54) is 6.08 Å². The largest absolute Gasteiger partial charge is 0.490 e. The third-order valence-corrected chi connectivity index (χ3v) is 5.57. The van der Waals surface area contributed by atoms with Crippen LogP contribution in [-0.4, -0.2) is 19.1 Å². The van der Waals surface area contributed by atoms with E-state index in [2.05, 4.69) is 5.32 Å². The molecule has 0 aromatic heterocycles. The molecule has 186 valence electrons. The van der Waals surface area contributed by atoms with Crippen LogP contribution in [0.3, 0.4) is 0 Å². The minimum atomic E-state index is -0.553. The maximum atomic E-state index is 12.7. The molecule has 36 heavy (non-hydrogen) atoms. The number of nitrogens with one attached hydrogen (secondary N) is 1. The highest BCUT2D eigenvalue weighted by Crippen LogP contribution is 2.37. The molecule has 0 spiro atoms. The van der Waals surface area contributed by atoms with E-state index < -0.39 is 5.91 Å². The topological polar surface area (TPSA) is 80.6 Å². The Morgan fingerprint density at radius 1 is 1.00 bits per heavy atom. The number of ether oxygens (including phenoxy) is 3. The quantitative estimate of drug-likeness (QED) is 0.210. The maximum Gasteiger partial charge on any atom is 0.266 e. The van der Waals surface area contributed by atoms with Crippen LogP contribution in [0.1, 0.15) is 31.4 Å². The lowest BCUT2D eigenvalue weighted by molar-refractivity contribution is -0.112. The molecule has 0 radical (unpaired) electrons. The SMILES string of the molecule is CCCOc1c(Cl)cc(/C=C(\C#N)C(=O)Nc2ccc(OCc3ccccc3Cl)cc2)cc1OCC. The van der Waals surface area contributed by atoms with Crippen molar-refractivity contribution in [3.05, 3.63) is 87.4 Å². The van der Waals surface area contributed by atoms with E-state index in [0.717, 1.165) is 12.0 Å². The molecule has 0 heterocycles. The van der Waals surface area contributed by atoms with E-state index in [1.807, 2.05) is 38.1 Å². The fourth-order valence-electron chi connectivity index (χ4n) is 3.20. The average Bonchev–Trinajstić information content (AvgIpc) is 2.87. The highest BCUT2D eigenvalue weighted by molar-refractivity contribution is 6.32. The summed E-state index contributed by atoms with van der Waals surface area (Å²) >= 11 is 12.5. The lowest BCUT2D eigenvalue weighted by Crippen LogP contribution is -2.13. The summed E-state index contributed by atoms with van der Waals surface area (Å²) in [6.07, 6.45) is 2.27. The number of nitriles is 1. The Kier molecular flexibility index (Phi) is 10.1. The van der Waals surface area contributed by atoms with Crippen molar-refractivity contribution in [3.8, 4) is 23.3 Å². The van der Waals surface area contributed by atoms with Gasteiger partial charge < -0.3 is 19.5 Å². The Bertz CT molecular complexity index is 1270. The predicted octanol–water partition coefficient (Wildman–Crippen LogP) is 7.31. The fraction of sp³-hybridized carbons (Fsp3) is 0.214. The van der Waals surface area contributed by atoms with Crippen molar-refractivity contribution < 1.29 is 19.0 Å². The molecule has 8 heteroatoms. The molecular weight excluding hydrogens is 499 g/mol. The van der Waals surface area contributed by atoms with Crippen LogP contribution in [0, 0.1) is 11.3 Å². The normalized spacial score (nSPS) is 10.9. The van der Waals surface area contributed by atoms with Crippen LogP contribution in [0.25, 0.3) is 6.08 Å². The molecule has 3 aromatic carbocycles. The van der Waals surface area contributed by atoms with Crippen molar-refractivity contribution in [3.63, 3.8) is 0 Å². The van der Waals surface area contributed by atoms with Gasteiger partial charge in [-0.25, -0.2) is 0 Å². The molecule has 0 atom stereocenters. The van der Waals surface area contributed by atoms with Gasteiger partial charge in [-0.15, -0.1) is 0 Å². The molecule has 6 nitrogen and oxygen atoms in total. The Balaban J connectivity index is 1.70. The van der Waals surface area contributed by atoms with E-state index in [1.54, 1.807) is 42.5 Å². The van der Waals surface area contributed by atoms with E-state index in [4.69, 9.17) is 37.4 Å². The number of hydrogen-bond donors (Lipinski definition) is 1. The number of nitrogens with zero attached hydrogens (tertiary/aromatic N) is 1. The zero-order valence-corrected chi connectivity index (χ0v) is 21.5. The van der Waals surface area contributed by atoms with Crippen molar-refractivity contribution >= 4 is 40.9 Å². The molecule has 0 aliphatic heterocycles. The third-order valence-electron chi connectivity index (χ3n) is 4.92. The van der Waals surface area contributed by atoms with E-state index in [-0.39, 0.29) is 5.57 Å². The summed E-state index contributed by atoms with van der Waals surface area (Å²) in [5, 5.41) is 13.3. The third kappa shape index (κ3) is 7.42. The molecule has 0 bridgehead atoms. The summed E-state index contributed by atoms with van der Waals surface area (Å²) in [5.41, 5.74) is 1.85. The van der Waals surface area contributed by atoms with Gasteiger partial charge in [-0.3, -0.25) is 4.79 Å². The van der Waals surface area contributed by atoms with Crippen molar-refractivity contribution in [2.45, 2.75) is 26.9 Å². The molecular formula is C28H26Cl2N2O4. The van der Waals surface area contributed by atoms with E-state index in [0.29, 0.717) is 58.4 Å². The second kappa shape index (κ2) is 13.4. The van der Waals surface area contributed by atoms with Gasteiger partial charge in [0.25, 0.3) is 5.91 Å². The van der Waals surface area contributed by atoms with Crippen LogP contribution in [0.2, 0.25) is 10.0 Å². The van der Waals surface area contributed by atoms with Gasteiger partial charge >= 0.3 is 0 Å². The minimum Gasteiger partial charge on any atom is -0.490 e. The lowest BCUT2D eigenvalue weighted by Gasteiger charge is -2.14. The fourth-order valence-corrected chi connectivity index (χ4v) is 3.67. The summed E-state index contributed by atoms with van der Waals surface area (Å²) in [6, 6.07) is 19.6. The highest BCUT2D eigenvalue weighted by Gasteiger charge is 2.15. The van der Waals surface area contributed by atoms with Crippen LogP contribution in [0.15, 0.2) is 66.2 Å². The van der Waals surface area contributed by atoms with Gasteiger partial charge in [0.2, 0.25) is 0 Å². The molecule has 0 unspecified atom stereocenters. The van der Waals surface area contributed by atoms with E-state index in [9.17, 15) is 10.1 Å². The molecule has 1 amide bonds. The molecule has 1 N–H and O–H groups in total. The van der Waals surface area contributed by atoms with Gasteiger partial charge in [0.15, 0.2) is 11.5 Å². The molecule has 0 saturated heterocycles. The molecule has 0 fully saturated rings. The number of anilines is 1. The van der Waals surface area contributed by atoms with Crippen LogP contribution in [0.5, 0.6) is 17.2 Å². The Morgan fingerprint density at radius 2 is 1.75 bits per heavy atom. The van der Waals surface area contributed by atoms with Gasteiger partial charge in [-0.2, -0.15) is 5.26 Å². The van der Waals surface area contributed by atoms with Gasteiger partial charge in [-0.1, -0.05) is 48.3 Å².